The number of halogens is 1. The Labute approximate surface area is 92.6 Å². The van der Waals surface area contributed by atoms with Crippen molar-refractivity contribution in [2.45, 2.75) is 0 Å². The lowest BCUT2D eigenvalue weighted by Crippen LogP contribution is -2.02. The van der Waals surface area contributed by atoms with E-state index in [4.69, 9.17) is 5.26 Å². The Morgan fingerprint density at radius 2 is 2.21 bits per heavy atom. The molecule has 1 aromatic carbocycles. The van der Waals surface area contributed by atoms with Gasteiger partial charge in [0, 0.05) is 24.8 Å². The topological polar surface area (TPSA) is 27.0 Å². The number of allylic oxidation sites excluding steroid dienone is 1. The number of nitriles is 1. The van der Waals surface area contributed by atoms with Crippen LogP contribution in [0.25, 0.3) is 5.57 Å². The Kier molecular flexibility index (Phi) is 3.73. The van der Waals surface area contributed by atoms with Gasteiger partial charge in [0.25, 0.3) is 0 Å². The van der Waals surface area contributed by atoms with E-state index in [0.717, 1.165) is 10.0 Å². The summed E-state index contributed by atoms with van der Waals surface area (Å²) in [5.74, 6) is 0. The molecule has 0 spiro atoms. The maximum atomic E-state index is 8.96. The van der Waals surface area contributed by atoms with Crippen molar-refractivity contribution in [2.24, 2.45) is 0 Å². The lowest BCUT2D eigenvalue weighted by molar-refractivity contribution is 0.566. The monoisotopic (exact) mass is 250 g/mol. The van der Waals surface area contributed by atoms with Crippen LogP contribution in [-0.4, -0.2) is 19.0 Å². The molecule has 14 heavy (non-hydrogen) atoms. The molecule has 0 unspecified atom stereocenters. The fourth-order valence-electron chi connectivity index (χ4n) is 1.08. The van der Waals surface area contributed by atoms with Gasteiger partial charge in [-0.15, -0.1) is 0 Å². The highest BCUT2D eigenvalue weighted by molar-refractivity contribution is 9.10. The van der Waals surface area contributed by atoms with Gasteiger partial charge in [-0.05, 0) is 17.7 Å². The van der Waals surface area contributed by atoms with Crippen molar-refractivity contribution in [3.05, 3.63) is 40.5 Å². The summed E-state index contributed by atoms with van der Waals surface area (Å²) < 4.78 is 0.981. The molecule has 0 heterocycles. The molecule has 0 N–H and O–H groups in total. The predicted molar refractivity (Wildman–Crippen MR) is 61.4 cm³/mol. The summed E-state index contributed by atoms with van der Waals surface area (Å²) in [6, 6.07) is 9.88. The molecule has 1 aromatic rings. The SMILES string of the molecule is CN(C)C=C(C#N)c1cccc(Br)c1. The molecular weight excluding hydrogens is 240 g/mol. The molecule has 0 saturated carbocycles. The van der Waals surface area contributed by atoms with Gasteiger partial charge in [0.1, 0.15) is 6.07 Å². The highest BCUT2D eigenvalue weighted by atomic mass is 79.9. The standard InChI is InChI=1S/C11H11BrN2/c1-14(2)8-10(7-13)9-4-3-5-11(12)6-9/h3-6,8H,1-2H3. The van der Waals surface area contributed by atoms with Crippen LogP contribution in [0.3, 0.4) is 0 Å². The van der Waals surface area contributed by atoms with Crippen LogP contribution in [0.5, 0.6) is 0 Å². The van der Waals surface area contributed by atoms with E-state index in [2.05, 4.69) is 22.0 Å². The number of rotatable bonds is 2. The average Bonchev–Trinajstić information content (AvgIpc) is 2.14. The molecule has 0 atom stereocenters. The first-order chi connectivity index (χ1) is 6.63. The number of hydrogen-bond acceptors (Lipinski definition) is 2. The van der Waals surface area contributed by atoms with E-state index in [9.17, 15) is 0 Å². The van der Waals surface area contributed by atoms with Crippen molar-refractivity contribution in [1.29, 1.82) is 5.26 Å². The van der Waals surface area contributed by atoms with Gasteiger partial charge < -0.3 is 4.90 Å². The summed E-state index contributed by atoms with van der Waals surface area (Å²) >= 11 is 3.38. The molecule has 0 amide bonds. The molecule has 72 valence electrons. The van der Waals surface area contributed by atoms with Crippen LogP contribution in [-0.2, 0) is 0 Å². The fourth-order valence-corrected chi connectivity index (χ4v) is 1.48. The quantitative estimate of drug-likeness (QED) is 0.755. The molecule has 0 bridgehead atoms. The average molecular weight is 251 g/mol. The van der Waals surface area contributed by atoms with E-state index >= 15 is 0 Å². The Bertz CT molecular complexity index is 389. The van der Waals surface area contributed by atoms with E-state index in [1.165, 1.54) is 0 Å². The van der Waals surface area contributed by atoms with Gasteiger partial charge in [-0.1, -0.05) is 28.1 Å². The lowest BCUT2D eigenvalue weighted by atomic mass is 10.1. The van der Waals surface area contributed by atoms with Gasteiger partial charge in [0.15, 0.2) is 0 Å². The first-order valence-corrected chi connectivity index (χ1v) is 4.97. The Hall–Kier alpha value is -1.27. The van der Waals surface area contributed by atoms with Crippen LogP contribution in [0.1, 0.15) is 5.56 Å². The van der Waals surface area contributed by atoms with E-state index in [0.29, 0.717) is 5.57 Å². The molecule has 3 heteroatoms. The Balaban J connectivity index is 3.09. The molecule has 0 aliphatic rings. The van der Waals surface area contributed by atoms with Crippen molar-refractivity contribution >= 4 is 21.5 Å². The third-order valence-corrected chi connectivity index (χ3v) is 2.14. The number of benzene rings is 1. The highest BCUT2D eigenvalue weighted by Crippen LogP contribution is 2.18. The van der Waals surface area contributed by atoms with Gasteiger partial charge >= 0.3 is 0 Å². The van der Waals surface area contributed by atoms with Gasteiger partial charge in [0.05, 0.1) is 5.57 Å². The lowest BCUT2D eigenvalue weighted by Gasteiger charge is -2.06. The minimum Gasteiger partial charge on any atom is -0.382 e. The molecule has 0 aromatic heterocycles. The molecule has 2 nitrogen and oxygen atoms in total. The van der Waals surface area contributed by atoms with E-state index in [1.807, 2.05) is 49.5 Å². The third kappa shape index (κ3) is 2.90. The first-order valence-electron chi connectivity index (χ1n) is 4.18. The fraction of sp³-hybridized carbons (Fsp3) is 0.182. The number of hydrogen-bond donors (Lipinski definition) is 0. The van der Waals surface area contributed by atoms with Crippen molar-refractivity contribution in [1.82, 2.24) is 4.90 Å². The zero-order valence-corrected chi connectivity index (χ0v) is 9.75. The van der Waals surface area contributed by atoms with E-state index in [-0.39, 0.29) is 0 Å². The highest BCUT2D eigenvalue weighted by Gasteiger charge is 2.00. The second kappa shape index (κ2) is 4.83. The Morgan fingerprint density at radius 1 is 1.50 bits per heavy atom. The van der Waals surface area contributed by atoms with Crippen molar-refractivity contribution in [2.75, 3.05) is 14.1 Å². The molecule has 0 aliphatic heterocycles. The van der Waals surface area contributed by atoms with Gasteiger partial charge in [-0.25, -0.2) is 0 Å². The normalized spacial score (nSPS) is 10.9. The molecule has 0 saturated heterocycles. The van der Waals surface area contributed by atoms with Crippen LogP contribution in [0, 0.1) is 11.3 Å². The van der Waals surface area contributed by atoms with Crippen molar-refractivity contribution < 1.29 is 0 Å². The summed E-state index contributed by atoms with van der Waals surface area (Å²) in [4.78, 5) is 1.86. The minimum atomic E-state index is 0.663. The summed E-state index contributed by atoms with van der Waals surface area (Å²) in [5, 5.41) is 8.96. The third-order valence-electron chi connectivity index (χ3n) is 1.64. The molecule has 1 rings (SSSR count). The second-order valence-corrected chi connectivity index (χ2v) is 4.04. The number of nitrogens with zero attached hydrogens (tertiary/aromatic N) is 2. The van der Waals surface area contributed by atoms with Gasteiger partial charge in [-0.2, -0.15) is 5.26 Å². The van der Waals surface area contributed by atoms with Crippen molar-refractivity contribution in [3.8, 4) is 6.07 Å². The second-order valence-electron chi connectivity index (χ2n) is 3.13. The van der Waals surface area contributed by atoms with E-state index < -0.39 is 0 Å². The van der Waals surface area contributed by atoms with Crippen molar-refractivity contribution in [3.63, 3.8) is 0 Å². The maximum absolute atomic E-state index is 8.96. The van der Waals surface area contributed by atoms with E-state index in [1.54, 1.807) is 0 Å². The Morgan fingerprint density at radius 3 is 2.71 bits per heavy atom. The van der Waals surface area contributed by atoms with Crippen LogP contribution in [0.15, 0.2) is 34.9 Å². The summed E-state index contributed by atoms with van der Waals surface area (Å²) in [6.07, 6.45) is 1.81. The van der Waals surface area contributed by atoms with Gasteiger partial charge in [-0.3, -0.25) is 0 Å². The zero-order valence-electron chi connectivity index (χ0n) is 8.16. The first kappa shape index (κ1) is 10.8. The molecule has 0 radical (unpaired) electrons. The van der Waals surface area contributed by atoms with Crippen LogP contribution in [0.4, 0.5) is 0 Å². The minimum absolute atomic E-state index is 0.663. The van der Waals surface area contributed by atoms with Crippen LogP contribution >= 0.6 is 15.9 Å². The van der Waals surface area contributed by atoms with Crippen LogP contribution in [0.2, 0.25) is 0 Å². The zero-order chi connectivity index (χ0) is 10.6. The summed E-state index contributed by atoms with van der Waals surface area (Å²) in [5.41, 5.74) is 1.59. The van der Waals surface area contributed by atoms with Gasteiger partial charge in [0.2, 0.25) is 0 Å². The summed E-state index contributed by atoms with van der Waals surface area (Å²) in [6.45, 7) is 0. The molecular formula is C11H11BrN2. The summed E-state index contributed by atoms with van der Waals surface area (Å²) in [7, 11) is 3.80. The predicted octanol–water partition coefficient (Wildman–Crippen LogP) is 2.88. The van der Waals surface area contributed by atoms with Crippen LogP contribution < -0.4 is 0 Å². The largest absolute Gasteiger partial charge is 0.382 e. The smallest absolute Gasteiger partial charge is 0.101 e. The molecule has 0 fully saturated rings. The molecule has 0 aliphatic carbocycles. The maximum Gasteiger partial charge on any atom is 0.101 e.